The van der Waals surface area contributed by atoms with Gasteiger partial charge in [0.2, 0.25) is 0 Å². The minimum atomic E-state index is -0.745. The first kappa shape index (κ1) is 16.8. The monoisotopic (exact) mass is 363 g/mol. The lowest BCUT2D eigenvalue weighted by Crippen LogP contribution is -2.31. The fourth-order valence-electron chi connectivity index (χ4n) is 2.37. The topological polar surface area (TPSA) is 67.2 Å². The Balaban J connectivity index is 1.76. The van der Waals surface area contributed by atoms with Crippen molar-refractivity contribution in [1.29, 1.82) is 0 Å². The van der Waals surface area contributed by atoms with Gasteiger partial charge in [0.25, 0.3) is 5.56 Å². The highest BCUT2D eigenvalue weighted by Crippen LogP contribution is 2.25. The largest absolute Gasteiger partial charge is 0.389 e. The first-order valence-electron chi connectivity index (χ1n) is 7.36. The zero-order chi connectivity index (χ0) is 17.1. The van der Waals surface area contributed by atoms with E-state index in [9.17, 15) is 9.90 Å². The highest BCUT2D eigenvalue weighted by molar-refractivity contribution is 6.42. The van der Waals surface area contributed by atoms with Crippen LogP contribution in [0.25, 0.3) is 10.9 Å². The van der Waals surface area contributed by atoms with Crippen LogP contribution in [0.4, 0.5) is 5.69 Å². The van der Waals surface area contributed by atoms with Gasteiger partial charge in [0.15, 0.2) is 0 Å². The molecule has 2 aromatic carbocycles. The summed E-state index contributed by atoms with van der Waals surface area (Å²) in [5.74, 6) is 0. The zero-order valence-corrected chi connectivity index (χ0v) is 14.1. The Labute approximate surface area is 148 Å². The summed E-state index contributed by atoms with van der Waals surface area (Å²) in [6.45, 7) is 0.442. The van der Waals surface area contributed by atoms with Gasteiger partial charge in [-0.1, -0.05) is 41.4 Å². The van der Waals surface area contributed by atoms with E-state index in [-0.39, 0.29) is 12.1 Å². The van der Waals surface area contributed by atoms with Crippen molar-refractivity contribution >= 4 is 39.8 Å². The Morgan fingerprint density at radius 1 is 1.17 bits per heavy atom. The van der Waals surface area contributed by atoms with E-state index in [1.807, 2.05) is 30.3 Å². The lowest BCUT2D eigenvalue weighted by Gasteiger charge is -2.14. The molecule has 1 atom stereocenters. The van der Waals surface area contributed by atoms with Gasteiger partial charge in [-0.25, -0.2) is 4.98 Å². The molecule has 2 N–H and O–H groups in total. The van der Waals surface area contributed by atoms with Crippen molar-refractivity contribution in [3.8, 4) is 0 Å². The molecular weight excluding hydrogens is 349 g/mol. The van der Waals surface area contributed by atoms with Gasteiger partial charge in [0.05, 0.1) is 39.9 Å². The van der Waals surface area contributed by atoms with Crippen LogP contribution in [0.15, 0.2) is 53.6 Å². The van der Waals surface area contributed by atoms with E-state index in [0.717, 1.165) is 5.69 Å². The fourth-order valence-corrected chi connectivity index (χ4v) is 2.69. The number of aliphatic hydroxyl groups is 1. The number of fused-ring (bicyclic) bond motifs is 1. The van der Waals surface area contributed by atoms with E-state index in [4.69, 9.17) is 23.2 Å². The van der Waals surface area contributed by atoms with Crippen LogP contribution in [0.2, 0.25) is 10.0 Å². The second-order valence-corrected chi connectivity index (χ2v) is 6.20. The molecule has 0 saturated heterocycles. The molecule has 0 spiro atoms. The van der Waals surface area contributed by atoms with E-state index >= 15 is 0 Å². The number of hydrogen-bond acceptors (Lipinski definition) is 4. The molecule has 0 aliphatic heterocycles. The minimum Gasteiger partial charge on any atom is -0.389 e. The summed E-state index contributed by atoms with van der Waals surface area (Å²) in [6.07, 6.45) is 0.658. The lowest BCUT2D eigenvalue weighted by atomic mass is 10.2. The van der Waals surface area contributed by atoms with E-state index in [1.54, 1.807) is 6.07 Å². The second kappa shape index (κ2) is 7.21. The van der Waals surface area contributed by atoms with Gasteiger partial charge in [-0.2, -0.15) is 0 Å². The molecule has 0 aliphatic carbocycles. The molecule has 24 heavy (non-hydrogen) atoms. The molecule has 0 saturated carbocycles. The Morgan fingerprint density at radius 2 is 1.88 bits per heavy atom. The molecule has 0 radical (unpaired) electrons. The van der Waals surface area contributed by atoms with Crippen molar-refractivity contribution in [2.45, 2.75) is 12.6 Å². The van der Waals surface area contributed by atoms with Crippen molar-refractivity contribution in [3.63, 3.8) is 0 Å². The molecule has 0 aliphatic rings. The number of aliphatic hydroxyl groups excluding tert-OH is 1. The highest BCUT2D eigenvalue weighted by atomic mass is 35.5. The molecule has 3 aromatic rings. The second-order valence-electron chi connectivity index (χ2n) is 5.39. The van der Waals surface area contributed by atoms with Gasteiger partial charge in [-0.15, -0.1) is 0 Å². The number of halogens is 2. The maximum absolute atomic E-state index is 12.5. The van der Waals surface area contributed by atoms with Crippen molar-refractivity contribution < 1.29 is 5.11 Å². The summed E-state index contributed by atoms with van der Waals surface area (Å²) in [5, 5.41) is 14.3. The normalized spacial score (nSPS) is 12.3. The van der Waals surface area contributed by atoms with Crippen LogP contribution >= 0.6 is 23.2 Å². The summed E-state index contributed by atoms with van der Waals surface area (Å²) < 4.78 is 1.36. The molecule has 124 valence electrons. The third-order valence-corrected chi connectivity index (χ3v) is 4.31. The number of aromatic nitrogens is 2. The lowest BCUT2D eigenvalue weighted by molar-refractivity contribution is 0.165. The van der Waals surface area contributed by atoms with E-state index < -0.39 is 6.10 Å². The summed E-state index contributed by atoms with van der Waals surface area (Å²) in [4.78, 5) is 16.7. The SMILES string of the molecule is O=c1c2cc(Cl)c(Cl)cc2ncn1C[C@H](O)CNc1ccccc1. The molecular formula is C17H15Cl2N3O2. The van der Waals surface area contributed by atoms with Gasteiger partial charge < -0.3 is 10.4 Å². The van der Waals surface area contributed by atoms with Crippen LogP contribution in [-0.2, 0) is 6.54 Å². The van der Waals surface area contributed by atoms with Crippen molar-refractivity contribution in [1.82, 2.24) is 9.55 Å². The van der Waals surface area contributed by atoms with E-state index in [0.29, 0.717) is 27.5 Å². The average Bonchev–Trinajstić information content (AvgIpc) is 2.58. The van der Waals surface area contributed by atoms with Crippen LogP contribution in [0.3, 0.4) is 0 Å². The Morgan fingerprint density at radius 3 is 2.62 bits per heavy atom. The number of hydrogen-bond donors (Lipinski definition) is 2. The van der Waals surface area contributed by atoms with E-state index in [1.165, 1.54) is 17.0 Å². The van der Waals surface area contributed by atoms with Crippen LogP contribution in [0, 0.1) is 0 Å². The number of benzene rings is 2. The Bertz CT molecular complexity index is 913. The van der Waals surface area contributed by atoms with Gasteiger partial charge in [0.1, 0.15) is 0 Å². The molecule has 7 heteroatoms. The number of para-hydroxylation sites is 1. The first-order chi connectivity index (χ1) is 11.5. The van der Waals surface area contributed by atoms with Gasteiger partial charge in [-0.05, 0) is 24.3 Å². The molecule has 0 unspecified atom stereocenters. The third kappa shape index (κ3) is 3.70. The maximum atomic E-state index is 12.5. The number of nitrogens with one attached hydrogen (secondary N) is 1. The van der Waals surface area contributed by atoms with E-state index in [2.05, 4.69) is 10.3 Å². The maximum Gasteiger partial charge on any atom is 0.261 e. The van der Waals surface area contributed by atoms with Crippen LogP contribution in [0.1, 0.15) is 0 Å². The fraction of sp³-hybridized carbons (Fsp3) is 0.176. The van der Waals surface area contributed by atoms with Crippen LogP contribution in [-0.4, -0.2) is 27.3 Å². The molecule has 5 nitrogen and oxygen atoms in total. The molecule has 1 aromatic heterocycles. The van der Waals surface area contributed by atoms with Crippen LogP contribution in [0.5, 0.6) is 0 Å². The van der Waals surface area contributed by atoms with Crippen molar-refractivity contribution in [2.75, 3.05) is 11.9 Å². The van der Waals surface area contributed by atoms with Gasteiger partial charge >= 0.3 is 0 Å². The molecule has 1 heterocycles. The summed E-state index contributed by atoms with van der Waals surface area (Å²) in [5.41, 5.74) is 1.11. The van der Waals surface area contributed by atoms with Crippen LogP contribution < -0.4 is 10.9 Å². The highest BCUT2D eigenvalue weighted by Gasteiger charge is 2.11. The van der Waals surface area contributed by atoms with Gasteiger partial charge in [-0.3, -0.25) is 9.36 Å². The average molecular weight is 364 g/mol. The predicted octanol–water partition coefficient (Wildman–Crippen LogP) is 3.18. The molecule has 0 fully saturated rings. The molecule has 3 rings (SSSR count). The number of rotatable bonds is 5. The van der Waals surface area contributed by atoms with Crippen molar-refractivity contribution in [3.05, 3.63) is 69.2 Å². The first-order valence-corrected chi connectivity index (χ1v) is 8.11. The molecule has 0 amide bonds. The smallest absolute Gasteiger partial charge is 0.261 e. The quantitative estimate of drug-likeness (QED) is 0.730. The van der Waals surface area contributed by atoms with Crippen molar-refractivity contribution in [2.24, 2.45) is 0 Å². The summed E-state index contributed by atoms with van der Waals surface area (Å²) in [6, 6.07) is 12.6. The number of nitrogens with zero attached hydrogens (tertiary/aromatic N) is 2. The summed E-state index contributed by atoms with van der Waals surface area (Å²) in [7, 11) is 0. The summed E-state index contributed by atoms with van der Waals surface area (Å²) >= 11 is 11.9. The minimum absolute atomic E-state index is 0.127. The Kier molecular flexibility index (Phi) is 5.04. The standard InChI is InChI=1S/C17H15Cl2N3O2/c18-14-6-13-16(7-15(14)19)21-10-22(17(13)24)9-12(23)8-20-11-4-2-1-3-5-11/h1-7,10,12,20,23H,8-9H2/t12-/m1/s1. The zero-order valence-electron chi connectivity index (χ0n) is 12.6. The number of anilines is 1. The Hall–Kier alpha value is -2.08. The third-order valence-electron chi connectivity index (χ3n) is 3.59. The molecule has 0 bridgehead atoms. The van der Waals surface area contributed by atoms with Gasteiger partial charge in [0, 0.05) is 12.2 Å². The predicted molar refractivity (Wildman–Crippen MR) is 97.0 cm³/mol.